The van der Waals surface area contributed by atoms with E-state index in [0.29, 0.717) is 37.3 Å². The molecule has 8 heteroatoms. The van der Waals surface area contributed by atoms with E-state index in [0.717, 1.165) is 37.1 Å². The minimum absolute atomic E-state index is 0.0121. The zero-order valence-corrected chi connectivity index (χ0v) is 24.1. The van der Waals surface area contributed by atoms with Crippen LogP contribution in [0.2, 0.25) is 0 Å². The van der Waals surface area contributed by atoms with Gasteiger partial charge in [0.05, 0.1) is 12.8 Å². The van der Waals surface area contributed by atoms with Crippen LogP contribution in [0.4, 0.5) is 0 Å². The molecule has 3 fully saturated rings. The lowest BCUT2D eigenvalue weighted by Crippen LogP contribution is -2.70. The van der Waals surface area contributed by atoms with Gasteiger partial charge < -0.3 is 24.4 Å². The maximum Gasteiger partial charge on any atom is 0.271 e. The number of thiol groups is 1. The van der Waals surface area contributed by atoms with E-state index in [2.05, 4.69) is 41.7 Å². The highest BCUT2D eigenvalue weighted by atomic mass is 32.1. The number of likely N-dealkylation sites (N-methyl/N-ethyl adjacent to an activating group) is 1. The van der Waals surface area contributed by atoms with E-state index in [1.165, 1.54) is 38.5 Å². The number of furan rings is 1. The number of nitrogens with one attached hydrogen (secondary N) is 1. The van der Waals surface area contributed by atoms with Gasteiger partial charge >= 0.3 is 0 Å². The van der Waals surface area contributed by atoms with Gasteiger partial charge in [0.1, 0.15) is 17.0 Å². The van der Waals surface area contributed by atoms with Crippen LogP contribution in [0.15, 0.2) is 22.4 Å². The monoisotopic (exact) mass is 530 g/mol. The van der Waals surface area contributed by atoms with Gasteiger partial charge in [-0.15, -0.1) is 0 Å². The first-order valence-corrected chi connectivity index (χ1v) is 15.1. The van der Waals surface area contributed by atoms with Gasteiger partial charge in [0.2, 0.25) is 5.91 Å². The Labute approximate surface area is 228 Å². The van der Waals surface area contributed by atoms with Crippen molar-refractivity contribution in [2.45, 2.75) is 95.8 Å². The molecule has 2 aliphatic carbocycles. The molecule has 1 aromatic heterocycles. The van der Waals surface area contributed by atoms with Gasteiger partial charge in [0.25, 0.3) is 5.91 Å². The molecular formula is C29H46N4O3S. The maximum absolute atomic E-state index is 13.9. The molecule has 3 unspecified atom stereocenters. The summed E-state index contributed by atoms with van der Waals surface area (Å²) in [7, 11) is 2.17. The number of rotatable bonds is 6. The van der Waals surface area contributed by atoms with Crippen molar-refractivity contribution in [1.29, 1.82) is 0 Å². The van der Waals surface area contributed by atoms with Gasteiger partial charge in [-0.25, -0.2) is 0 Å². The Morgan fingerprint density at radius 3 is 2.59 bits per heavy atom. The predicted octanol–water partition coefficient (Wildman–Crippen LogP) is 4.54. The molecule has 7 nitrogen and oxygen atoms in total. The van der Waals surface area contributed by atoms with Crippen molar-refractivity contribution in [3.05, 3.63) is 29.4 Å². The predicted molar refractivity (Wildman–Crippen MR) is 151 cm³/mol. The van der Waals surface area contributed by atoms with Crippen LogP contribution in [0.5, 0.6) is 0 Å². The van der Waals surface area contributed by atoms with Crippen LogP contribution in [-0.4, -0.2) is 77.1 Å². The molecular weight excluding hydrogens is 484 g/mol. The fourth-order valence-electron chi connectivity index (χ4n) is 6.63. The van der Waals surface area contributed by atoms with Crippen molar-refractivity contribution in [3.63, 3.8) is 0 Å². The summed E-state index contributed by atoms with van der Waals surface area (Å²) in [5.41, 5.74) is 0.792. The van der Waals surface area contributed by atoms with Gasteiger partial charge in [0, 0.05) is 43.4 Å². The second-order valence-corrected chi connectivity index (χ2v) is 11.5. The molecule has 4 aliphatic rings. The van der Waals surface area contributed by atoms with Gasteiger partial charge in [-0.2, -0.15) is 12.6 Å². The first-order valence-electron chi connectivity index (χ1n) is 14.2. The van der Waals surface area contributed by atoms with Crippen molar-refractivity contribution in [2.75, 3.05) is 32.9 Å². The third-order valence-electron chi connectivity index (χ3n) is 9.10. The molecule has 1 aromatic rings. The molecule has 3 heterocycles. The van der Waals surface area contributed by atoms with Crippen molar-refractivity contribution >= 4 is 30.5 Å². The smallest absolute Gasteiger partial charge is 0.271 e. The van der Waals surface area contributed by atoms with Crippen LogP contribution < -0.4 is 5.32 Å². The molecule has 1 N–H and O–H groups in total. The van der Waals surface area contributed by atoms with E-state index >= 15 is 0 Å². The summed E-state index contributed by atoms with van der Waals surface area (Å²) in [5, 5.41) is 3.38. The third kappa shape index (κ3) is 5.90. The average Bonchev–Trinajstić information content (AvgIpc) is 3.38. The molecule has 0 radical (unpaired) electrons. The number of nitrogens with zero attached hydrogens (tertiary/aromatic N) is 3. The number of hydrogen-bond donors (Lipinski definition) is 2. The van der Waals surface area contributed by atoms with E-state index in [9.17, 15) is 9.59 Å². The van der Waals surface area contributed by atoms with Crippen molar-refractivity contribution < 1.29 is 14.0 Å². The zero-order valence-electron chi connectivity index (χ0n) is 23.2. The molecule has 0 aromatic carbocycles. The van der Waals surface area contributed by atoms with E-state index in [4.69, 9.17) is 4.42 Å². The summed E-state index contributed by atoms with van der Waals surface area (Å²) in [4.78, 5) is 34.2. The van der Waals surface area contributed by atoms with Crippen LogP contribution in [0.3, 0.4) is 0 Å². The minimum atomic E-state index is -0.916. The summed E-state index contributed by atoms with van der Waals surface area (Å²) in [5.74, 6) is 1.15. The van der Waals surface area contributed by atoms with E-state index in [-0.39, 0.29) is 17.9 Å². The Balaban J connectivity index is 0.00000156. The lowest BCUT2D eigenvalue weighted by molar-refractivity contribution is -0.152. The Bertz CT molecular complexity index is 972. The molecule has 1 saturated heterocycles. The van der Waals surface area contributed by atoms with Gasteiger partial charge in [-0.05, 0) is 57.9 Å². The summed E-state index contributed by atoms with van der Waals surface area (Å²) in [6, 6.07) is 2.72. The molecule has 5 rings (SSSR count). The molecule has 2 amide bonds. The Kier molecular flexibility index (Phi) is 9.33. The molecule has 37 heavy (non-hydrogen) atoms. The molecule has 0 spiro atoms. The standard InChI is InChI=1S/C28H42N4O3.CH4S/c1-20-9-7-8-12-23(20)29-27(34)28(2)19-31-18-21-13-16-35-25(21)17-24(31)26(33)32(28)15-14-30(3)22-10-5-4-6-11-22;1-2/h13,16-17,20,22-23H,4-12,14-15,18-19H2,1-3H3,(H,29,34);2H,1H3. The largest absolute Gasteiger partial charge is 0.465 e. The highest BCUT2D eigenvalue weighted by Crippen LogP contribution is 2.35. The number of carbonyl (C=O) groups is 2. The second-order valence-electron chi connectivity index (χ2n) is 11.5. The number of fused-ring (bicyclic) bond motifs is 2. The summed E-state index contributed by atoms with van der Waals surface area (Å²) in [6.07, 6.45) is 16.1. The van der Waals surface area contributed by atoms with Gasteiger partial charge in [-0.1, -0.05) is 39.0 Å². The molecule has 2 aliphatic heterocycles. The van der Waals surface area contributed by atoms with Crippen LogP contribution in [0.1, 0.15) is 83.0 Å². The fourth-order valence-corrected chi connectivity index (χ4v) is 6.63. The second kappa shape index (κ2) is 12.3. The third-order valence-corrected chi connectivity index (χ3v) is 9.10. The number of piperazine rings is 1. The van der Waals surface area contributed by atoms with E-state index in [1.807, 2.05) is 24.0 Å². The Hall–Kier alpha value is -1.93. The fraction of sp³-hybridized carbons (Fsp3) is 0.724. The summed E-state index contributed by atoms with van der Waals surface area (Å²) < 4.78 is 5.62. The first kappa shape index (κ1) is 28.1. The van der Waals surface area contributed by atoms with Crippen LogP contribution in [0, 0.1) is 5.92 Å². The molecule has 206 valence electrons. The van der Waals surface area contributed by atoms with Crippen molar-refractivity contribution in [3.8, 4) is 0 Å². The molecule has 2 saturated carbocycles. The van der Waals surface area contributed by atoms with Crippen molar-refractivity contribution in [2.24, 2.45) is 5.92 Å². The van der Waals surface area contributed by atoms with E-state index < -0.39 is 5.54 Å². The van der Waals surface area contributed by atoms with Gasteiger partial charge in [0.15, 0.2) is 0 Å². The van der Waals surface area contributed by atoms with Crippen molar-refractivity contribution in [1.82, 2.24) is 20.0 Å². The highest BCUT2D eigenvalue weighted by Gasteiger charge is 2.50. The quantitative estimate of drug-likeness (QED) is 0.529. The lowest BCUT2D eigenvalue weighted by Gasteiger charge is -2.50. The normalized spacial score (nSPS) is 28.2. The minimum Gasteiger partial charge on any atom is -0.465 e. The average molecular weight is 531 g/mol. The van der Waals surface area contributed by atoms with Crippen LogP contribution in [0.25, 0.3) is 6.08 Å². The Morgan fingerprint density at radius 2 is 1.86 bits per heavy atom. The van der Waals surface area contributed by atoms with E-state index in [1.54, 1.807) is 12.5 Å². The van der Waals surface area contributed by atoms with Gasteiger partial charge in [-0.3, -0.25) is 9.59 Å². The first-order chi connectivity index (χ1) is 17.9. The zero-order chi connectivity index (χ0) is 26.6. The summed E-state index contributed by atoms with van der Waals surface area (Å²) in [6.45, 7) is 6.62. The SMILES string of the molecule is CC1CCCCC1NC(=O)C1(C)CN2Cc3ccoc3C=C2C(=O)N1CCN(C)C1CCCCC1.CS. The Morgan fingerprint density at radius 1 is 1.16 bits per heavy atom. The molecule has 3 atom stereocenters. The lowest BCUT2D eigenvalue weighted by atomic mass is 9.84. The highest BCUT2D eigenvalue weighted by molar-refractivity contribution is 7.79. The number of amides is 2. The van der Waals surface area contributed by atoms with Crippen LogP contribution in [-0.2, 0) is 16.1 Å². The van der Waals surface area contributed by atoms with Crippen LogP contribution >= 0.6 is 12.6 Å². The number of hydrogen-bond acceptors (Lipinski definition) is 6. The summed E-state index contributed by atoms with van der Waals surface area (Å²) >= 11 is 3.53. The maximum atomic E-state index is 13.9. The number of carbonyl (C=O) groups excluding carboxylic acids is 2. The molecule has 0 bridgehead atoms. The topological polar surface area (TPSA) is 69.0 Å².